The van der Waals surface area contributed by atoms with E-state index in [1.165, 1.54) is 0 Å². The van der Waals surface area contributed by atoms with Crippen molar-refractivity contribution >= 4 is 23.0 Å². The number of anilines is 2. The number of aliphatic hydroxyl groups is 2. The summed E-state index contributed by atoms with van der Waals surface area (Å²) in [5, 5.41) is 21.0. The molecule has 0 saturated carbocycles. The fourth-order valence-electron chi connectivity index (χ4n) is 3.11. The van der Waals surface area contributed by atoms with Gasteiger partial charge in [0.1, 0.15) is 12.2 Å². The van der Waals surface area contributed by atoms with Crippen LogP contribution in [-0.4, -0.2) is 41.7 Å². The zero-order valence-corrected chi connectivity index (χ0v) is 13.0. The van der Waals surface area contributed by atoms with Crippen LogP contribution in [-0.2, 0) is 4.74 Å². The fourth-order valence-corrected chi connectivity index (χ4v) is 3.27. The molecular weight excluding hydrogens is 318 g/mol. The minimum Gasteiger partial charge on any atom is -0.453 e. The first-order valence-electron chi connectivity index (χ1n) is 7.44. The Hall–Kier alpha value is -1.79. The van der Waals surface area contributed by atoms with Crippen LogP contribution in [0.4, 0.5) is 11.4 Å². The first kappa shape index (κ1) is 14.8. The highest BCUT2D eigenvalue weighted by Gasteiger charge is 2.39. The predicted octanol–water partition coefficient (Wildman–Crippen LogP) is 2.70. The van der Waals surface area contributed by atoms with Crippen molar-refractivity contribution in [3.63, 3.8) is 0 Å². The first-order valence-corrected chi connectivity index (χ1v) is 7.82. The van der Waals surface area contributed by atoms with Gasteiger partial charge in [-0.15, -0.1) is 0 Å². The molecule has 1 saturated heterocycles. The Kier molecular flexibility index (Phi) is 3.66. The monoisotopic (exact) mass is 333 g/mol. The smallest absolute Gasteiger partial charge is 0.152 e. The van der Waals surface area contributed by atoms with Crippen LogP contribution < -0.4 is 9.64 Å². The largest absolute Gasteiger partial charge is 0.453 e. The second kappa shape index (κ2) is 5.69. The quantitative estimate of drug-likeness (QED) is 0.840. The molecule has 0 radical (unpaired) electrons. The average Bonchev–Trinajstić information content (AvgIpc) is 2.55. The van der Waals surface area contributed by atoms with Gasteiger partial charge in [0.25, 0.3) is 0 Å². The molecule has 2 N–H and O–H groups in total. The number of ether oxygens (including phenoxy) is 2. The van der Waals surface area contributed by atoms with Crippen molar-refractivity contribution in [2.45, 2.75) is 18.2 Å². The number of fused-ring (bicyclic) bond motifs is 2. The zero-order chi connectivity index (χ0) is 16.0. The number of para-hydroxylation sites is 2. The lowest BCUT2D eigenvalue weighted by Gasteiger charge is -2.43. The number of aliphatic hydroxyl groups excluding tert-OH is 2. The first-order chi connectivity index (χ1) is 11.1. The molecule has 5 nitrogen and oxygen atoms in total. The van der Waals surface area contributed by atoms with E-state index in [1.54, 1.807) is 12.1 Å². The third kappa shape index (κ3) is 2.46. The van der Waals surface area contributed by atoms with Gasteiger partial charge in [-0.1, -0.05) is 23.7 Å². The van der Waals surface area contributed by atoms with Crippen molar-refractivity contribution in [3.05, 3.63) is 47.5 Å². The molecule has 4 rings (SSSR count). The van der Waals surface area contributed by atoms with Gasteiger partial charge in [0, 0.05) is 11.1 Å². The van der Waals surface area contributed by atoms with Gasteiger partial charge >= 0.3 is 0 Å². The van der Waals surface area contributed by atoms with E-state index in [2.05, 4.69) is 0 Å². The molecule has 2 aliphatic heterocycles. The fraction of sp³-hybridized carbons (Fsp3) is 0.294. The second-order valence-corrected chi connectivity index (χ2v) is 6.15. The number of halogens is 1. The minimum absolute atomic E-state index is 0.136. The van der Waals surface area contributed by atoms with Crippen LogP contribution in [0.1, 0.15) is 0 Å². The molecule has 1 fully saturated rings. The van der Waals surface area contributed by atoms with Crippen molar-refractivity contribution in [2.24, 2.45) is 0 Å². The molecule has 0 bridgehead atoms. The number of hydrogen-bond acceptors (Lipinski definition) is 5. The molecule has 2 aliphatic rings. The molecule has 120 valence electrons. The summed E-state index contributed by atoms with van der Waals surface area (Å²) in [6.07, 6.45) is -1.84. The van der Waals surface area contributed by atoms with E-state index >= 15 is 0 Å². The summed E-state index contributed by atoms with van der Waals surface area (Å²) in [6, 6.07) is 12.5. The average molecular weight is 334 g/mol. The summed E-state index contributed by atoms with van der Waals surface area (Å²) in [5.41, 5.74) is 1.61. The van der Waals surface area contributed by atoms with Gasteiger partial charge < -0.3 is 24.6 Å². The number of benzene rings is 2. The Balaban J connectivity index is 1.85. The van der Waals surface area contributed by atoms with Crippen LogP contribution in [0.5, 0.6) is 11.5 Å². The molecule has 0 spiro atoms. The molecule has 0 aromatic heterocycles. The van der Waals surface area contributed by atoms with Crippen molar-refractivity contribution in [1.82, 2.24) is 0 Å². The van der Waals surface area contributed by atoms with Gasteiger partial charge in [-0.3, -0.25) is 0 Å². The van der Waals surface area contributed by atoms with Gasteiger partial charge in [0.2, 0.25) is 0 Å². The summed E-state index contributed by atoms with van der Waals surface area (Å²) in [4.78, 5) is 1.96. The number of rotatable bonds is 1. The standard InChI is InChI=1S/C17H16ClNO4/c18-10-5-6-12-16(7-10)23-15-4-2-1-3-11(15)19(12)13-8-22-9-14(20)17(13)21/h1-7,13-14,17,20-21H,8-9H2/t13-,14-,17+/m0/s1. The molecule has 0 aliphatic carbocycles. The Morgan fingerprint density at radius 3 is 2.65 bits per heavy atom. The lowest BCUT2D eigenvalue weighted by molar-refractivity contribution is -0.0964. The Bertz CT molecular complexity index is 738. The second-order valence-electron chi connectivity index (χ2n) is 5.71. The maximum atomic E-state index is 10.5. The van der Waals surface area contributed by atoms with Crippen molar-refractivity contribution in [2.75, 3.05) is 18.1 Å². The molecule has 2 heterocycles. The van der Waals surface area contributed by atoms with Crippen molar-refractivity contribution in [1.29, 1.82) is 0 Å². The Morgan fingerprint density at radius 2 is 1.78 bits per heavy atom. The zero-order valence-electron chi connectivity index (χ0n) is 12.2. The van der Waals surface area contributed by atoms with Crippen LogP contribution in [0.3, 0.4) is 0 Å². The molecule has 6 heteroatoms. The lowest BCUT2D eigenvalue weighted by Crippen LogP contribution is -2.55. The highest BCUT2D eigenvalue weighted by atomic mass is 35.5. The highest BCUT2D eigenvalue weighted by Crippen LogP contribution is 2.49. The van der Waals surface area contributed by atoms with Gasteiger partial charge in [0.15, 0.2) is 11.5 Å². The molecule has 2 aromatic rings. The number of nitrogens with zero attached hydrogens (tertiary/aromatic N) is 1. The third-order valence-corrected chi connectivity index (χ3v) is 4.46. The van der Waals surface area contributed by atoms with Crippen LogP contribution in [0.15, 0.2) is 42.5 Å². The van der Waals surface area contributed by atoms with Gasteiger partial charge in [-0.2, -0.15) is 0 Å². The van der Waals surface area contributed by atoms with Crippen LogP contribution >= 0.6 is 11.6 Å². The highest BCUT2D eigenvalue weighted by molar-refractivity contribution is 6.30. The minimum atomic E-state index is -0.918. The molecule has 0 unspecified atom stereocenters. The summed E-state index contributed by atoms with van der Waals surface area (Å²) in [5.74, 6) is 1.29. The molecule has 3 atom stereocenters. The molecular formula is C17H16ClNO4. The summed E-state index contributed by atoms with van der Waals surface area (Å²) < 4.78 is 11.4. The molecule has 23 heavy (non-hydrogen) atoms. The topological polar surface area (TPSA) is 62.2 Å². The normalized spacial score (nSPS) is 26.2. The van der Waals surface area contributed by atoms with Crippen molar-refractivity contribution < 1.29 is 19.7 Å². The van der Waals surface area contributed by atoms with E-state index in [4.69, 9.17) is 21.1 Å². The Morgan fingerprint density at radius 1 is 1.00 bits per heavy atom. The van der Waals surface area contributed by atoms with E-state index in [0.717, 1.165) is 11.4 Å². The van der Waals surface area contributed by atoms with E-state index in [0.29, 0.717) is 23.1 Å². The van der Waals surface area contributed by atoms with Gasteiger partial charge in [0.05, 0.1) is 30.6 Å². The predicted molar refractivity (Wildman–Crippen MR) is 86.7 cm³/mol. The maximum absolute atomic E-state index is 10.5. The maximum Gasteiger partial charge on any atom is 0.152 e. The van der Waals surface area contributed by atoms with E-state index in [-0.39, 0.29) is 6.61 Å². The van der Waals surface area contributed by atoms with E-state index in [1.807, 2.05) is 35.2 Å². The third-order valence-electron chi connectivity index (χ3n) is 4.22. The van der Waals surface area contributed by atoms with E-state index < -0.39 is 18.2 Å². The summed E-state index contributed by atoms with van der Waals surface area (Å²) in [6.45, 7) is 0.450. The molecule has 2 aromatic carbocycles. The van der Waals surface area contributed by atoms with Gasteiger partial charge in [-0.05, 0) is 24.3 Å². The summed E-state index contributed by atoms with van der Waals surface area (Å²) in [7, 11) is 0. The van der Waals surface area contributed by atoms with Crippen LogP contribution in [0.2, 0.25) is 5.02 Å². The van der Waals surface area contributed by atoms with Crippen LogP contribution in [0, 0.1) is 0 Å². The van der Waals surface area contributed by atoms with Crippen LogP contribution in [0.25, 0.3) is 0 Å². The number of hydrogen-bond donors (Lipinski definition) is 2. The lowest BCUT2D eigenvalue weighted by atomic mass is 9.99. The molecule has 0 amide bonds. The van der Waals surface area contributed by atoms with E-state index in [9.17, 15) is 10.2 Å². The Labute approximate surface area is 138 Å². The summed E-state index contributed by atoms with van der Waals surface area (Å²) >= 11 is 6.08. The van der Waals surface area contributed by atoms with Gasteiger partial charge in [-0.25, -0.2) is 0 Å². The van der Waals surface area contributed by atoms with Crippen molar-refractivity contribution in [3.8, 4) is 11.5 Å². The SMILES string of the molecule is O[C@H]1[C@@H](O)COC[C@@H]1N1c2ccccc2Oc2cc(Cl)ccc21.